The molecule has 7 heteroatoms. The molecule has 0 saturated heterocycles. The van der Waals surface area contributed by atoms with Gasteiger partial charge >= 0.3 is 0 Å². The molecular weight excluding hydrogens is 309 g/mol. The Hall–Kier alpha value is -1.25. The van der Waals surface area contributed by atoms with Crippen LogP contribution < -0.4 is 0 Å². The van der Waals surface area contributed by atoms with Crippen LogP contribution in [-0.2, 0) is 14.1 Å². The predicted octanol–water partition coefficient (Wildman–Crippen LogP) is 0.384. The molecule has 0 amide bonds. The van der Waals surface area contributed by atoms with Crippen LogP contribution in [0.2, 0.25) is 0 Å². The summed E-state index contributed by atoms with van der Waals surface area (Å²) >= 11 is 2.08. The molecule has 15 heavy (non-hydrogen) atoms. The standard InChI is InChI=1S/C8H8IN5O/c1-13-6(4-10-12-13)7(15)5-3-11-14(2)8(5)9/h3-4H,1-2H3. The number of hydrogen-bond donors (Lipinski definition) is 0. The van der Waals surface area contributed by atoms with Crippen molar-refractivity contribution in [2.75, 3.05) is 0 Å². The Morgan fingerprint density at radius 2 is 2.07 bits per heavy atom. The molecule has 78 valence electrons. The third-order valence-electron chi connectivity index (χ3n) is 2.06. The van der Waals surface area contributed by atoms with Gasteiger partial charge in [0.1, 0.15) is 9.39 Å². The van der Waals surface area contributed by atoms with Crippen LogP contribution in [0.25, 0.3) is 0 Å². The maximum Gasteiger partial charge on any atom is 0.216 e. The average molecular weight is 317 g/mol. The molecule has 0 spiro atoms. The van der Waals surface area contributed by atoms with Crippen molar-refractivity contribution in [3.63, 3.8) is 0 Å². The van der Waals surface area contributed by atoms with Gasteiger partial charge in [-0.25, -0.2) is 4.68 Å². The summed E-state index contributed by atoms with van der Waals surface area (Å²) in [5.74, 6) is -0.111. The average Bonchev–Trinajstić information content (AvgIpc) is 2.75. The normalized spacial score (nSPS) is 10.6. The zero-order valence-corrected chi connectivity index (χ0v) is 10.3. The molecule has 6 nitrogen and oxygen atoms in total. The van der Waals surface area contributed by atoms with Gasteiger partial charge in [-0.05, 0) is 22.6 Å². The number of carbonyl (C=O) groups is 1. The number of nitrogens with zero attached hydrogens (tertiary/aromatic N) is 5. The number of aryl methyl sites for hydroxylation is 2. The van der Waals surface area contributed by atoms with Crippen molar-refractivity contribution in [3.05, 3.63) is 27.4 Å². The van der Waals surface area contributed by atoms with E-state index in [1.165, 1.54) is 10.9 Å². The van der Waals surface area contributed by atoms with Crippen LogP contribution in [0.15, 0.2) is 12.4 Å². The molecule has 0 saturated carbocycles. The highest BCUT2D eigenvalue weighted by Gasteiger charge is 2.18. The lowest BCUT2D eigenvalue weighted by Gasteiger charge is -1.98. The number of ketones is 1. The van der Waals surface area contributed by atoms with Crippen LogP contribution in [0.1, 0.15) is 16.1 Å². The summed E-state index contributed by atoms with van der Waals surface area (Å²) in [4.78, 5) is 12.0. The Labute approximate surface area is 99.4 Å². The first-order valence-corrected chi connectivity index (χ1v) is 5.26. The Morgan fingerprint density at radius 1 is 1.33 bits per heavy atom. The second kappa shape index (κ2) is 3.72. The monoisotopic (exact) mass is 317 g/mol. The highest BCUT2D eigenvalue weighted by atomic mass is 127. The van der Waals surface area contributed by atoms with E-state index in [0.29, 0.717) is 11.3 Å². The fourth-order valence-corrected chi connectivity index (χ4v) is 1.72. The molecule has 0 bridgehead atoms. The van der Waals surface area contributed by atoms with Crippen LogP contribution in [0.5, 0.6) is 0 Å². The van der Waals surface area contributed by atoms with E-state index in [1.807, 2.05) is 0 Å². The maximum atomic E-state index is 12.0. The molecule has 0 aromatic carbocycles. The van der Waals surface area contributed by atoms with Gasteiger partial charge in [-0.1, -0.05) is 5.21 Å². The molecule has 0 unspecified atom stereocenters. The predicted molar refractivity (Wildman–Crippen MR) is 60.4 cm³/mol. The zero-order chi connectivity index (χ0) is 11.0. The molecule has 0 radical (unpaired) electrons. The highest BCUT2D eigenvalue weighted by molar-refractivity contribution is 14.1. The Kier molecular flexibility index (Phi) is 2.55. The van der Waals surface area contributed by atoms with Crippen molar-refractivity contribution in [2.45, 2.75) is 0 Å². The second-order valence-electron chi connectivity index (χ2n) is 3.04. The summed E-state index contributed by atoms with van der Waals surface area (Å²) in [6, 6.07) is 0. The minimum atomic E-state index is -0.111. The number of aromatic nitrogens is 5. The van der Waals surface area contributed by atoms with E-state index < -0.39 is 0 Å². The first kappa shape index (κ1) is 10.3. The van der Waals surface area contributed by atoms with Crippen molar-refractivity contribution < 1.29 is 4.79 Å². The van der Waals surface area contributed by atoms with Gasteiger partial charge in [0.15, 0.2) is 0 Å². The molecule has 2 heterocycles. The zero-order valence-electron chi connectivity index (χ0n) is 8.18. The van der Waals surface area contributed by atoms with E-state index in [-0.39, 0.29) is 5.78 Å². The summed E-state index contributed by atoms with van der Waals surface area (Å²) in [5.41, 5.74) is 1.03. The molecule has 0 aliphatic rings. The quantitative estimate of drug-likeness (QED) is 0.593. The number of hydrogen-bond acceptors (Lipinski definition) is 4. The SMILES string of the molecule is Cn1nncc1C(=O)c1cnn(C)c1I. The van der Waals surface area contributed by atoms with Crippen molar-refractivity contribution >= 4 is 28.4 Å². The number of rotatable bonds is 2. The van der Waals surface area contributed by atoms with Crippen molar-refractivity contribution in [1.82, 2.24) is 24.8 Å². The van der Waals surface area contributed by atoms with Crippen molar-refractivity contribution in [2.24, 2.45) is 14.1 Å². The summed E-state index contributed by atoms with van der Waals surface area (Å²) < 4.78 is 3.90. The first-order valence-electron chi connectivity index (χ1n) is 4.18. The maximum absolute atomic E-state index is 12.0. The van der Waals surface area contributed by atoms with Crippen molar-refractivity contribution in [3.8, 4) is 0 Å². The van der Waals surface area contributed by atoms with E-state index in [9.17, 15) is 4.79 Å². The third kappa shape index (κ3) is 1.66. The summed E-state index contributed by atoms with van der Waals surface area (Å²) in [5, 5.41) is 11.4. The van der Waals surface area contributed by atoms with Gasteiger partial charge in [0.05, 0.1) is 18.0 Å². The van der Waals surface area contributed by atoms with Crippen LogP contribution in [0.3, 0.4) is 0 Å². The second-order valence-corrected chi connectivity index (χ2v) is 4.07. The molecule has 2 rings (SSSR count). The first-order chi connectivity index (χ1) is 7.11. The molecule has 0 aliphatic heterocycles. The fraction of sp³-hybridized carbons (Fsp3) is 0.250. The largest absolute Gasteiger partial charge is 0.287 e. The molecule has 2 aromatic rings. The Bertz CT molecular complexity index is 515. The van der Waals surface area contributed by atoms with E-state index in [1.54, 1.807) is 25.0 Å². The van der Waals surface area contributed by atoms with Crippen molar-refractivity contribution in [1.29, 1.82) is 0 Å². The summed E-state index contributed by atoms with van der Waals surface area (Å²) in [6.07, 6.45) is 3.00. The minimum absolute atomic E-state index is 0.111. The van der Waals surface area contributed by atoms with Gasteiger partial charge in [0.2, 0.25) is 5.78 Å². The Morgan fingerprint density at radius 3 is 2.53 bits per heavy atom. The summed E-state index contributed by atoms with van der Waals surface area (Å²) in [6.45, 7) is 0. The van der Waals surface area contributed by atoms with Crippen LogP contribution in [0, 0.1) is 3.70 Å². The van der Waals surface area contributed by atoms with Gasteiger partial charge in [0.25, 0.3) is 0 Å². The lowest BCUT2D eigenvalue weighted by Crippen LogP contribution is -2.09. The molecule has 0 aliphatic carbocycles. The molecule has 0 atom stereocenters. The molecular formula is C8H8IN5O. The van der Waals surface area contributed by atoms with Crippen LogP contribution in [-0.4, -0.2) is 30.6 Å². The van der Waals surface area contributed by atoms with Gasteiger partial charge < -0.3 is 0 Å². The topological polar surface area (TPSA) is 65.6 Å². The molecule has 0 N–H and O–H groups in total. The minimum Gasteiger partial charge on any atom is -0.287 e. The number of halogens is 1. The van der Waals surface area contributed by atoms with Gasteiger partial charge in [0, 0.05) is 14.1 Å². The van der Waals surface area contributed by atoms with E-state index in [4.69, 9.17) is 0 Å². The Balaban J connectivity index is 2.46. The smallest absolute Gasteiger partial charge is 0.216 e. The molecule has 0 fully saturated rings. The number of carbonyl (C=O) groups excluding carboxylic acids is 1. The third-order valence-corrected chi connectivity index (χ3v) is 3.34. The van der Waals surface area contributed by atoms with E-state index >= 15 is 0 Å². The molecule has 2 aromatic heterocycles. The fourth-order valence-electron chi connectivity index (χ4n) is 1.21. The lowest BCUT2D eigenvalue weighted by molar-refractivity contribution is 0.102. The highest BCUT2D eigenvalue weighted by Crippen LogP contribution is 2.14. The van der Waals surface area contributed by atoms with Crippen LogP contribution in [0.4, 0.5) is 0 Å². The van der Waals surface area contributed by atoms with E-state index in [2.05, 4.69) is 38.0 Å². The lowest BCUT2D eigenvalue weighted by atomic mass is 10.2. The van der Waals surface area contributed by atoms with Gasteiger partial charge in [-0.15, -0.1) is 5.10 Å². The summed E-state index contributed by atoms with van der Waals surface area (Å²) in [7, 11) is 3.48. The van der Waals surface area contributed by atoms with Gasteiger partial charge in [-0.2, -0.15) is 5.10 Å². The van der Waals surface area contributed by atoms with Crippen LogP contribution >= 0.6 is 22.6 Å². The van der Waals surface area contributed by atoms with E-state index in [0.717, 1.165) is 3.70 Å². The van der Waals surface area contributed by atoms with Gasteiger partial charge in [-0.3, -0.25) is 9.48 Å².